The maximum Gasteiger partial charge on any atom is 0.387 e. The van der Waals surface area contributed by atoms with Crippen LogP contribution in [-0.4, -0.2) is 32.5 Å². The number of nitrogens with zero attached hydrogens (tertiary/aromatic N) is 3. The zero-order chi connectivity index (χ0) is 22.7. The first-order valence-electron chi connectivity index (χ1n) is 9.27. The van der Waals surface area contributed by atoms with Crippen molar-refractivity contribution in [2.24, 2.45) is 0 Å². The zero-order valence-corrected chi connectivity index (χ0v) is 17.0. The summed E-state index contributed by atoms with van der Waals surface area (Å²) in [5, 5.41) is 13.7. The second kappa shape index (κ2) is 9.15. The maximum absolute atomic E-state index is 13.4. The minimum atomic E-state index is -2.91. The van der Waals surface area contributed by atoms with Gasteiger partial charge in [0, 0.05) is 11.8 Å². The van der Waals surface area contributed by atoms with Crippen LogP contribution in [0.15, 0.2) is 60.8 Å². The molecule has 0 saturated carbocycles. The van der Waals surface area contributed by atoms with Gasteiger partial charge in [0.15, 0.2) is 5.82 Å². The largest absolute Gasteiger partial charge is 0.435 e. The lowest BCUT2D eigenvalue weighted by Gasteiger charge is -2.04. The second-order valence-corrected chi connectivity index (χ2v) is 7.08. The molecule has 0 bridgehead atoms. The molecule has 2 aromatic carbocycles. The number of ether oxygens (including phenoxy) is 1. The average molecular weight is 462 g/mol. The van der Waals surface area contributed by atoms with Gasteiger partial charge in [-0.15, -0.1) is 0 Å². The predicted molar refractivity (Wildman–Crippen MR) is 111 cm³/mol. The highest BCUT2D eigenvalue weighted by Gasteiger charge is 2.16. The molecule has 11 heteroatoms. The Morgan fingerprint density at radius 2 is 1.97 bits per heavy atom. The standard InChI is InChI=1S/C21H15ClF3N5O2/c22-16-11-30(10-12-2-1-3-14(23)8-12)29-19(16)26-20(31)18-9-17(27-28-18)13-4-6-15(7-5-13)32-21(24)25/h1-9,11,21H,10H2,(H,27,28)(H,26,29,31). The predicted octanol–water partition coefficient (Wildman–Crippen LogP) is 4.97. The van der Waals surface area contributed by atoms with Gasteiger partial charge >= 0.3 is 6.61 Å². The number of carbonyl (C=O) groups is 1. The number of alkyl halides is 2. The number of hydrogen-bond acceptors (Lipinski definition) is 4. The van der Waals surface area contributed by atoms with E-state index < -0.39 is 12.5 Å². The lowest BCUT2D eigenvalue weighted by Crippen LogP contribution is -2.13. The summed E-state index contributed by atoms with van der Waals surface area (Å²) in [6.45, 7) is -2.64. The number of aromatic nitrogens is 4. The highest BCUT2D eigenvalue weighted by molar-refractivity contribution is 6.33. The fourth-order valence-electron chi connectivity index (χ4n) is 2.95. The second-order valence-electron chi connectivity index (χ2n) is 6.68. The fraction of sp³-hybridized carbons (Fsp3) is 0.0952. The van der Waals surface area contributed by atoms with E-state index in [1.54, 1.807) is 24.3 Å². The highest BCUT2D eigenvalue weighted by atomic mass is 35.5. The maximum atomic E-state index is 13.4. The topological polar surface area (TPSA) is 84.8 Å². The van der Waals surface area contributed by atoms with E-state index in [-0.39, 0.29) is 34.6 Å². The van der Waals surface area contributed by atoms with Crippen LogP contribution in [0.5, 0.6) is 5.75 Å². The van der Waals surface area contributed by atoms with Gasteiger partial charge < -0.3 is 10.1 Å². The SMILES string of the molecule is O=C(Nc1nn(Cc2cccc(F)c2)cc1Cl)c1cc(-c2ccc(OC(F)F)cc2)n[nH]1. The van der Waals surface area contributed by atoms with E-state index in [1.807, 2.05) is 0 Å². The summed E-state index contributed by atoms with van der Waals surface area (Å²) in [7, 11) is 0. The molecule has 0 saturated heterocycles. The third-order valence-electron chi connectivity index (χ3n) is 4.38. The molecule has 0 aliphatic rings. The third kappa shape index (κ3) is 5.09. The van der Waals surface area contributed by atoms with E-state index in [2.05, 4.69) is 25.3 Å². The molecule has 7 nitrogen and oxygen atoms in total. The molecule has 1 amide bonds. The first-order chi connectivity index (χ1) is 15.4. The van der Waals surface area contributed by atoms with Gasteiger partial charge in [-0.2, -0.15) is 19.0 Å². The number of amides is 1. The molecule has 164 valence electrons. The van der Waals surface area contributed by atoms with Crippen LogP contribution in [0.1, 0.15) is 16.1 Å². The van der Waals surface area contributed by atoms with E-state index in [1.165, 1.54) is 41.2 Å². The molecule has 0 unspecified atom stereocenters. The monoisotopic (exact) mass is 461 g/mol. The van der Waals surface area contributed by atoms with Gasteiger partial charge in [0.1, 0.15) is 22.3 Å². The van der Waals surface area contributed by atoms with E-state index in [4.69, 9.17) is 11.6 Å². The van der Waals surface area contributed by atoms with Crippen molar-refractivity contribution < 1.29 is 22.7 Å². The fourth-order valence-corrected chi connectivity index (χ4v) is 3.15. The van der Waals surface area contributed by atoms with Crippen LogP contribution in [0.2, 0.25) is 5.02 Å². The van der Waals surface area contributed by atoms with E-state index in [0.717, 1.165) is 0 Å². The van der Waals surface area contributed by atoms with Crippen molar-refractivity contribution in [3.05, 3.63) is 82.9 Å². The van der Waals surface area contributed by atoms with Gasteiger partial charge in [-0.3, -0.25) is 14.6 Å². The molecule has 0 aliphatic carbocycles. The third-order valence-corrected chi connectivity index (χ3v) is 4.66. The van der Waals surface area contributed by atoms with Gasteiger partial charge in [-0.25, -0.2) is 4.39 Å². The van der Waals surface area contributed by atoms with Crippen molar-refractivity contribution >= 4 is 23.3 Å². The highest BCUT2D eigenvalue weighted by Crippen LogP contribution is 2.24. The Morgan fingerprint density at radius 3 is 2.69 bits per heavy atom. The van der Waals surface area contributed by atoms with Crippen LogP contribution in [0.25, 0.3) is 11.3 Å². The molecule has 2 N–H and O–H groups in total. The Bertz CT molecular complexity index is 1240. The van der Waals surface area contributed by atoms with Gasteiger partial charge in [0.05, 0.1) is 12.2 Å². The minimum Gasteiger partial charge on any atom is -0.435 e. The number of halogens is 4. The molecule has 2 heterocycles. The normalized spacial score (nSPS) is 11.0. The van der Waals surface area contributed by atoms with Gasteiger partial charge in [-0.1, -0.05) is 23.7 Å². The van der Waals surface area contributed by atoms with Crippen LogP contribution < -0.4 is 10.1 Å². The summed E-state index contributed by atoms with van der Waals surface area (Å²) < 4.78 is 43.6. The van der Waals surface area contributed by atoms with Crippen LogP contribution in [-0.2, 0) is 6.54 Å². The Kier molecular flexibility index (Phi) is 6.13. The number of hydrogen-bond donors (Lipinski definition) is 2. The van der Waals surface area contributed by atoms with Crippen LogP contribution in [0.3, 0.4) is 0 Å². The number of benzene rings is 2. The van der Waals surface area contributed by atoms with Gasteiger partial charge in [0.2, 0.25) is 0 Å². The Morgan fingerprint density at radius 1 is 1.19 bits per heavy atom. The molecule has 32 heavy (non-hydrogen) atoms. The number of rotatable bonds is 7. The molecule has 4 rings (SSSR count). The molecule has 0 spiro atoms. The van der Waals surface area contributed by atoms with Crippen molar-refractivity contribution in [3.8, 4) is 17.0 Å². The summed E-state index contributed by atoms with van der Waals surface area (Å²) in [6.07, 6.45) is 1.52. The summed E-state index contributed by atoms with van der Waals surface area (Å²) >= 11 is 6.16. The number of aromatic amines is 1. The summed E-state index contributed by atoms with van der Waals surface area (Å²) in [5.74, 6) is -0.738. The number of anilines is 1. The van der Waals surface area contributed by atoms with Gasteiger partial charge in [-0.05, 0) is 48.0 Å². The summed E-state index contributed by atoms with van der Waals surface area (Å²) in [5.41, 5.74) is 1.86. The smallest absolute Gasteiger partial charge is 0.387 e. The number of nitrogens with one attached hydrogen (secondary N) is 2. The first kappa shape index (κ1) is 21.4. The van der Waals surface area contributed by atoms with Crippen LogP contribution in [0, 0.1) is 5.82 Å². The van der Waals surface area contributed by atoms with Crippen molar-refractivity contribution in [2.45, 2.75) is 13.2 Å². The van der Waals surface area contributed by atoms with Crippen molar-refractivity contribution in [1.29, 1.82) is 0 Å². The van der Waals surface area contributed by atoms with E-state index in [0.29, 0.717) is 16.8 Å². The first-order valence-corrected chi connectivity index (χ1v) is 9.64. The quantitative estimate of drug-likeness (QED) is 0.407. The van der Waals surface area contributed by atoms with Crippen LogP contribution >= 0.6 is 11.6 Å². The van der Waals surface area contributed by atoms with Crippen molar-refractivity contribution in [1.82, 2.24) is 20.0 Å². The molecule has 2 aromatic heterocycles. The molecule has 0 atom stereocenters. The molecule has 0 fully saturated rings. The van der Waals surface area contributed by atoms with E-state index >= 15 is 0 Å². The average Bonchev–Trinajstić information content (AvgIpc) is 3.35. The number of carbonyl (C=O) groups excluding carboxylic acids is 1. The minimum absolute atomic E-state index is 0.0146. The summed E-state index contributed by atoms with van der Waals surface area (Å²) in [6, 6.07) is 13.4. The molecule has 0 radical (unpaired) electrons. The lowest BCUT2D eigenvalue weighted by molar-refractivity contribution is -0.0498. The summed E-state index contributed by atoms with van der Waals surface area (Å²) in [4.78, 5) is 12.6. The Labute approximate surface area is 184 Å². The van der Waals surface area contributed by atoms with Gasteiger partial charge in [0.25, 0.3) is 5.91 Å². The zero-order valence-electron chi connectivity index (χ0n) is 16.2. The number of H-pyrrole nitrogens is 1. The molecule has 0 aliphatic heterocycles. The molecular weight excluding hydrogens is 447 g/mol. The van der Waals surface area contributed by atoms with Crippen LogP contribution in [0.4, 0.5) is 19.0 Å². The Hall–Kier alpha value is -3.79. The van der Waals surface area contributed by atoms with Crippen molar-refractivity contribution in [2.75, 3.05) is 5.32 Å². The van der Waals surface area contributed by atoms with Crippen molar-refractivity contribution in [3.63, 3.8) is 0 Å². The Balaban J connectivity index is 1.43. The molecule has 4 aromatic rings. The molecular formula is C21H15ClF3N5O2. The van der Waals surface area contributed by atoms with E-state index in [9.17, 15) is 18.0 Å². The lowest BCUT2D eigenvalue weighted by atomic mass is 10.1.